The second kappa shape index (κ2) is 8.51. The summed E-state index contributed by atoms with van der Waals surface area (Å²) in [5.74, 6) is -0.867. The maximum absolute atomic E-state index is 13.0. The Morgan fingerprint density at radius 2 is 1.74 bits per heavy atom. The van der Waals surface area contributed by atoms with Gasteiger partial charge < -0.3 is 14.5 Å². The van der Waals surface area contributed by atoms with Crippen LogP contribution < -0.4 is 4.90 Å². The third kappa shape index (κ3) is 4.18. The zero-order chi connectivity index (χ0) is 22.1. The minimum Gasteiger partial charge on any atom is -0.378 e. The average Bonchev–Trinajstić information content (AvgIpc) is 3.36. The van der Waals surface area contributed by atoms with E-state index in [-0.39, 0.29) is 35.9 Å². The molecule has 0 spiro atoms. The highest BCUT2D eigenvalue weighted by molar-refractivity contribution is 6.22. The second-order valence-corrected chi connectivity index (χ2v) is 8.34. The summed E-state index contributed by atoms with van der Waals surface area (Å²) in [5.41, 5.74) is 3.13. The van der Waals surface area contributed by atoms with Gasteiger partial charge in [-0.05, 0) is 48.7 Å². The van der Waals surface area contributed by atoms with Crippen molar-refractivity contribution in [1.29, 1.82) is 0 Å². The topological polar surface area (TPSA) is 70.2 Å². The Bertz CT molecular complexity index is 1010. The van der Waals surface area contributed by atoms with Gasteiger partial charge in [-0.3, -0.25) is 19.3 Å². The van der Waals surface area contributed by atoms with Gasteiger partial charge in [0.05, 0.1) is 23.8 Å². The third-order valence-corrected chi connectivity index (χ3v) is 5.85. The molecule has 2 heterocycles. The first-order chi connectivity index (χ1) is 14.8. The Hall–Kier alpha value is -3.19. The molecule has 1 fully saturated rings. The first kappa shape index (κ1) is 21.1. The van der Waals surface area contributed by atoms with Crippen LogP contribution in [0.15, 0.2) is 42.5 Å². The van der Waals surface area contributed by atoms with Crippen LogP contribution in [-0.2, 0) is 11.3 Å². The SMILES string of the molecule is CN(Cc1ccc(N(C)C)cc1)C(=O)c1ccc2c(c1)C(=O)N(C[C@H]1CCCO1)C2=O. The Morgan fingerprint density at radius 3 is 2.39 bits per heavy atom. The molecule has 0 aliphatic carbocycles. The smallest absolute Gasteiger partial charge is 0.261 e. The summed E-state index contributed by atoms with van der Waals surface area (Å²) in [6.45, 7) is 1.37. The van der Waals surface area contributed by atoms with Crippen LogP contribution in [-0.4, -0.2) is 67.9 Å². The second-order valence-electron chi connectivity index (χ2n) is 8.34. The first-order valence-electron chi connectivity index (χ1n) is 10.5. The zero-order valence-electron chi connectivity index (χ0n) is 18.1. The van der Waals surface area contributed by atoms with Crippen molar-refractivity contribution in [3.8, 4) is 0 Å². The number of benzene rings is 2. The van der Waals surface area contributed by atoms with Crippen LogP contribution in [0.3, 0.4) is 0 Å². The number of ether oxygens (including phenoxy) is 1. The molecule has 31 heavy (non-hydrogen) atoms. The molecule has 0 aromatic heterocycles. The molecule has 0 saturated carbocycles. The molecule has 2 aromatic carbocycles. The monoisotopic (exact) mass is 421 g/mol. The van der Waals surface area contributed by atoms with E-state index in [1.807, 2.05) is 43.3 Å². The molecule has 7 heteroatoms. The number of fused-ring (bicyclic) bond motifs is 1. The number of nitrogens with zero attached hydrogens (tertiary/aromatic N) is 3. The largest absolute Gasteiger partial charge is 0.378 e. The summed E-state index contributed by atoms with van der Waals surface area (Å²) in [5, 5.41) is 0. The number of hydrogen-bond donors (Lipinski definition) is 0. The molecule has 0 radical (unpaired) electrons. The average molecular weight is 421 g/mol. The van der Waals surface area contributed by atoms with Crippen LogP contribution in [0.25, 0.3) is 0 Å². The molecule has 1 atom stereocenters. The van der Waals surface area contributed by atoms with Crippen LogP contribution >= 0.6 is 0 Å². The van der Waals surface area contributed by atoms with Gasteiger partial charge in [-0.1, -0.05) is 12.1 Å². The highest BCUT2D eigenvalue weighted by atomic mass is 16.5. The lowest BCUT2D eigenvalue weighted by Crippen LogP contribution is -2.36. The van der Waals surface area contributed by atoms with Gasteiger partial charge in [0, 0.05) is 45.5 Å². The van der Waals surface area contributed by atoms with Crippen molar-refractivity contribution in [2.24, 2.45) is 0 Å². The Kier molecular flexibility index (Phi) is 5.78. The molecular formula is C24H27N3O4. The molecule has 2 aliphatic heterocycles. The molecular weight excluding hydrogens is 394 g/mol. The van der Waals surface area contributed by atoms with Crippen LogP contribution in [0.1, 0.15) is 49.5 Å². The van der Waals surface area contributed by atoms with Gasteiger partial charge in [-0.2, -0.15) is 0 Å². The Morgan fingerprint density at radius 1 is 1.03 bits per heavy atom. The summed E-state index contributed by atoms with van der Waals surface area (Å²) in [6, 6.07) is 12.7. The number of rotatable bonds is 6. The molecule has 2 aromatic rings. The number of carbonyl (C=O) groups excluding carboxylic acids is 3. The normalized spacial score (nSPS) is 17.8. The molecule has 4 rings (SSSR count). The summed E-state index contributed by atoms with van der Waals surface area (Å²) in [7, 11) is 5.69. The van der Waals surface area contributed by atoms with Crippen molar-refractivity contribution in [3.63, 3.8) is 0 Å². The van der Waals surface area contributed by atoms with Gasteiger partial charge in [-0.25, -0.2) is 0 Å². The van der Waals surface area contributed by atoms with E-state index in [0.717, 1.165) is 24.1 Å². The third-order valence-electron chi connectivity index (χ3n) is 5.85. The molecule has 162 valence electrons. The summed E-state index contributed by atoms with van der Waals surface area (Å²) < 4.78 is 5.57. The summed E-state index contributed by atoms with van der Waals surface area (Å²) in [4.78, 5) is 43.3. The van der Waals surface area contributed by atoms with E-state index < -0.39 is 0 Å². The fourth-order valence-corrected chi connectivity index (χ4v) is 4.05. The number of amides is 3. The van der Waals surface area contributed by atoms with Crippen molar-refractivity contribution in [3.05, 3.63) is 64.7 Å². The highest BCUT2D eigenvalue weighted by Gasteiger charge is 2.38. The van der Waals surface area contributed by atoms with E-state index >= 15 is 0 Å². The van der Waals surface area contributed by atoms with Crippen molar-refractivity contribution in [2.45, 2.75) is 25.5 Å². The van der Waals surface area contributed by atoms with E-state index in [2.05, 4.69) is 0 Å². The fourth-order valence-electron chi connectivity index (χ4n) is 4.05. The molecule has 0 unspecified atom stereocenters. The van der Waals surface area contributed by atoms with Crippen LogP contribution in [0.5, 0.6) is 0 Å². The van der Waals surface area contributed by atoms with Crippen molar-refractivity contribution >= 4 is 23.4 Å². The fraction of sp³-hybridized carbons (Fsp3) is 0.375. The van der Waals surface area contributed by atoms with Crippen molar-refractivity contribution in [2.75, 3.05) is 39.2 Å². The minimum atomic E-state index is -0.355. The quantitative estimate of drug-likeness (QED) is 0.671. The lowest BCUT2D eigenvalue weighted by molar-refractivity contribution is 0.0475. The van der Waals surface area contributed by atoms with Crippen molar-refractivity contribution in [1.82, 2.24) is 9.80 Å². The van der Waals surface area contributed by atoms with Crippen LogP contribution in [0.4, 0.5) is 5.69 Å². The van der Waals surface area contributed by atoms with Crippen LogP contribution in [0, 0.1) is 0 Å². The van der Waals surface area contributed by atoms with E-state index in [4.69, 9.17) is 4.74 Å². The predicted molar refractivity (Wildman–Crippen MR) is 117 cm³/mol. The first-order valence-corrected chi connectivity index (χ1v) is 10.5. The Labute approximate surface area is 182 Å². The number of imide groups is 1. The Balaban J connectivity index is 1.47. The van der Waals surface area contributed by atoms with E-state index in [1.54, 1.807) is 30.1 Å². The van der Waals surface area contributed by atoms with Gasteiger partial charge in [0.2, 0.25) is 0 Å². The molecule has 0 bridgehead atoms. The van der Waals surface area contributed by atoms with Gasteiger partial charge in [0.1, 0.15) is 0 Å². The molecule has 7 nitrogen and oxygen atoms in total. The number of anilines is 1. The van der Waals surface area contributed by atoms with E-state index in [0.29, 0.717) is 24.3 Å². The lowest BCUT2D eigenvalue weighted by Gasteiger charge is -2.19. The predicted octanol–water partition coefficient (Wildman–Crippen LogP) is 2.80. The maximum Gasteiger partial charge on any atom is 0.261 e. The maximum atomic E-state index is 13.0. The van der Waals surface area contributed by atoms with Crippen LogP contribution in [0.2, 0.25) is 0 Å². The summed E-state index contributed by atoms with van der Waals surface area (Å²) >= 11 is 0. The minimum absolute atomic E-state index is 0.103. The highest BCUT2D eigenvalue weighted by Crippen LogP contribution is 2.26. The molecule has 2 aliphatic rings. The van der Waals surface area contributed by atoms with E-state index in [9.17, 15) is 14.4 Å². The standard InChI is InChI=1S/C24H27N3O4/c1-25(2)18-9-6-16(7-10-18)14-26(3)22(28)17-8-11-20-21(13-17)24(30)27(23(20)29)15-19-5-4-12-31-19/h6-11,13,19H,4-5,12,14-15H2,1-3H3/t19-/m1/s1. The number of hydrogen-bond acceptors (Lipinski definition) is 5. The molecule has 3 amide bonds. The molecule has 1 saturated heterocycles. The lowest BCUT2D eigenvalue weighted by atomic mass is 10.0. The number of carbonyl (C=O) groups is 3. The van der Waals surface area contributed by atoms with Gasteiger partial charge in [0.25, 0.3) is 17.7 Å². The van der Waals surface area contributed by atoms with E-state index in [1.165, 1.54) is 4.90 Å². The van der Waals surface area contributed by atoms with Gasteiger partial charge in [-0.15, -0.1) is 0 Å². The summed E-state index contributed by atoms with van der Waals surface area (Å²) in [6.07, 6.45) is 1.68. The van der Waals surface area contributed by atoms with Crippen molar-refractivity contribution < 1.29 is 19.1 Å². The molecule has 0 N–H and O–H groups in total. The van der Waals surface area contributed by atoms with Gasteiger partial charge in [0.15, 0.2) is 0 Å². The van der Waals surface area contributed by atoms with Gasteiger partial charge >= 0.3 is 0 Å². The zero-order valence-corrected chi connectivity index (χ0v) is 18.1.